The Bertz CT molecular complexity index is 772. The van der Waals surface area contributed by atoms with Crippen molar-refractivity contribution < 1.29 is 4.74 Å². The van der Waals surface area contributed by atoms with Crippen LogP contribution in [0.3, 0.4) is 0 Å². The van der Waals surface area contributed by atoms with Crippen molar-refractivity contribution in [1.29, 1.82) is 0 Å². The second-order valence-electron chi connectivity index (χ2n) is 8.91. The molecule has 0 aliphatic heterocycles. The quantitative estimate of drug-likeness (QED) is 0.391. The Kier molecular flexibility index (Phi) is 8.99. The molecule has 2 atom stereocenters. The molecular formula is C28H39NO. The van der Waals surface area contributed by atoms with Crippen molar-refractivity contribution in [3.8, 4) is 11.5 Å². The van der Waals surface area contributed by atoms with E-state index in [2.05, 4.69) is 50.0 Å². The van der Waals surface area contributed by atoms with E-state index in [9.17, 15) is 0 Å². The molecule has 1 saturated carbocycles. The van der Waals surface area contributed by atoms with Crippen molar-refractivity contribution in [2.75, 3.05) is 6.54 Å². The van der Waals surface area contributed by atoms with Gasteiger partial charge in [0.2, 0.25) is 0 Å². The summed E-state index contributed by atoms with van der Waals surface area (Å²) in [6.07, 6.45) is 10.2. The third-order valence-corrected chi connectivity index (χ3v) is 6.71. The van der Waals surface area contributed by atoms with Gasteiger partial charge in [-0.2, -0.15) is 0 Å². The summed E-state index contributed by atoms with van der Waals surface area (Å²) in [5.74, 6) is 4.32. The Labute approximate surface area is 183 Å². The molecule has 0 bridgehead atoms. The fraction of sp³-hybridized carbons (Fsp3) is 0.536. The number of aliphatic imine (C=N–C) groups is 1. The molecule has 0 N–H and O–H groups in total. The standard InChI is InChI=1S/C28H39NO/c1-4-10-28(24-17-19-25(20-18-24)29-5-2)22(3)15-16-23-11-9-14-27(21-23)30-26-12-7-6-8-13-26/h6-9,11-14,21-22,24,28H,4-5,10,15-20H2,1-3H3. The molecule has 1 aliphatic rings. The maximum Gasteiger partial charge on any atom is 0.127 e. The summed E-state index contributed by atoms with van der Waals surface area (Å²) in [6, 6.07) is 18.7. The van der Waals surface area contributed by atoms with E-state index in [1.165, 1.54) is 56.2 Å². The van der Waals surface area contributed by atoms with E-state index >= 15 is 0 Å². The van der Waals surface area contributed by atoms with Gasteiger partial charge in [0.05, 0.1) is 0 Å². The number of para-hydroxylation sites is 1. The van der Waals surface area contributed by atoms with Crippen LogP contribution in [0.1, 0.15) is 71.3 Å². The minimum atomic E-state index is 0.762. The van der Waals surface area contributed by atoms with Gasteiger partial charge in [0, 0.05) is 12.3 Å². The fourth-order valence-corrected chi connectivity index (χ4v) is 5.10. The summed E-state index contributed by atoms with van der Waals surface area (Å²) in [5.41, 5.74) is 2.85. The second kappa shape index (κ2) is 11.9. The molecule has 2 heteroatoms. The maximum atomic E-state index is 6.03. The van der Waals surface area contributed by atoms with Gasteiger partial charge in [0.25, 0.3) is 0 Å². The van der Waals surface area contributed by atoms with Crippen LogP contribution in [0.15, 0.2) is 59.6 Å². The minimum Gasteiger partial charge on any atom is -0.457 e. The van der Waals surface area contributed by atoms with Gasteiger partial charge in [-0.05, 0) is 93.0 Å². The lowest BCUT2D eigenvalue weighted by atomic mass is 9.71. The van der Waals surface area contributed by atoms with Crippen LogP contribution < -0.4 is 4.74 Å². The largest absolute Gasteiger partial charge is 0.457 e. The summed E-state index contributed by atoms with van der Waals surface area (Å²) in [6.45, 7) is 7.93. The van der Waals surface area contributed by atoms with Crippen molar-refractivity contribution in [1.82, 2.24) is 0 Å². The summed E-state index contributed by atoms with van der Waals surface area (Å²) < 4.78 is 6.03. The highest BCUT2D eigenvalue weighted by Crippen LogP contribution is 2.37. The lowest BCUT2D eigenvalue weighted by Gasteiger charge is -2.35. The van der Waals surface area contributed by atoms with Gasteiger partial charge in [-0.1, -0.05) is 57.0 Å². The molecule has 0 radical (unpaired) electrons. The van der Waals surface area contributed by atoms with Crippen LogP contribution in [-0.2, 0) is 6.42 Å². The van der Waals surface area contributed by atoms with Gasteiger partial charge >= 0.3 is 0 Å². The first-order valence-corrected chi connectivity index (χ1v) is 12.0. The molecule has 1 fully saturated rings. The molecule has 162 valence electrons. The molecule has 0 spiro atoms. The first-order valence-electron chi connectivity index (χ1n) is 12.0. The van der Waals surface area contributed by atoms with E-state index in [0.29, 0.717) is 0 Å². The number of hydrogen-bond donors (Lipinski definition) is 0. The zero-order chi connectivity index (χ0) is 21.2. The van der Waals surface area contributed by atoms with Crippen LogP contribution in [0.25, 0.3) is 0 Å². The van der Waals surface area contributed by atoms with E-state index in [1.54, 1.807) is 0 Å². The first kappa shape index (κ1) is 22.6. The fourth-order valence-electron chi connectivity index (χ4n) is 5.10. The van der Waals surface area contributed by atoms with Crippen molar-refractivity contribution >= 4 is 5.71 Å². The van der Waals surface area contributed by atoms with E-state index in [4.69, 9.17) is 4.74 Å². The molecule has 2 aromatic carbocycles. The van der Waals surface area contributed by atoms with Crippen LogP contribution in [0.5, 0.6) is 11.5 Å². The Morgan fingerprint density at radius 2 is 1.67 bits per heavy atom. The summed E-state index contributed by atoms with van der Waals surface area (Å²) in [4.78, 5) is 4.69. The average molecular weight is 406 g/mol. The van der Waals surface area contributed by atoms with Crippen LogP contribution in [-0.4, -0.2) is 12.3 Å². The number of aryl methyl sites for hydroxylation is 1. The zero-order valence-electron chi connectivity index (χ0n) is 19.1. The van der Waals surface area contributed by atoms with Crippen molar-refractivity contribution in [2.45, 2.75) is 72.1 Å². The Hall–Kier alpha value is -2.09. The predicted octanol–water partition coefficient (Wildman–Crippen LogP) is 8.12. The normalized spacial score (nSPS) is 18.6. The molecular weight excluding hydrogens is 366 g/mol. The van der Waals surface area contributed by atoms with Gasteiger partial charge in [0.1, 0.15) is 11.5 Å². The van der Waals surface area contributed by atoms with E-state index < -0.39 is 0 Å². The van der Waals surface area contributed by atoms with Gasteiger partial charge in [0.15, 0.2) is 0 Å². The highest BCUT2D eigenvalue weighted by molar-refractivity contribution is 5.85. The highest BCUT2D eigenvalue weighted by Gasteiger charge is 2.28. The van der Waals surface area contributed by atoms with Crippen LogP contribution in [0, 0.1) is 17.8 Å². The molecule has 0 heterocycles. The van der Waals surface area contributed by atoms with Crippen LogP contribution in [0.4, 0.5) is 0 Å². The third-order valence-electron chi connectivity index (χ3n) is 6.71. The topological polar surface area (TPSA) is 21.6 Å². The predicted molar refractivity (Wildman–Crippen MR) is 129 cm³/mol. The highest BCUT2D eigenvalue weighted by atomic mass is 16.5. The lowest BCUT2D eigenvalue weighted by Crippen LogP contribution is -2.27. The number of rotatable bonds is 10. The Morgan fingerprint density at radius 1 is 0.933 bits per heavy atom. The summed E-state index contributed by atoms with van der Waals surface area (Å²) in [5, 5.41) is 0. The molecule has 1 aliphatic carbocycles. The van der Waals surface area contributed by atoms with E-state index in [0.717, 1.165) is 42.2 Å². The molecule has 2 aromatic rings. The lowest BCUT2D eigenvalue weighted by molar-refractivity contribution is 0.189. The van der Waals surface area contributed by atoms with Gasteiger partial charge in [-0.25, -0.2) is 0 Å². The molecule has 3 rings (SSSR count). The molecule has 30 heavy (non-hydrogen) atoms. The van der Waals surface area contributed by atoms with Gasteiger partial charge in [-0.3, -0.25) is 4.99 Å². The third kappa shape index (κ3) is 6.72. The molecule has 0 amide bonds. The number of hydrogen-bond acceptors (Lipinski definition) is 2. The number of ether oxygens (including phenoxy) is 1. The Morgan fingerprint density at radius 3 is 2.37 bits per heavy atom. The second-order valence-corrected chi connectivity index (χ2v) is 8.91. The van der Waals surface area contributed by atoms with Crippen molar-refractivity contribution in [3.05, 3.63) is 60.2 Å². The molecule has 2 nitrogen and oxygen atoms in total. The summed E-state index contributed by atoms with van der Waals surface area (Å²) in [7, 11) is 0. The first-order chi connectivity index (χ1) is 14.7. The Balaban J connectivity index is 1.55. The smallest absolute Gasteiger partial charge is 0.127 e. The van der Waals surface area contributed by atoms with Crippen molar-refractivity contribution in [3.63, 3.8) is 0 Å². The average Bonchev–Trinajstić information content (AvgIpc) is 2.78. The zero-order valence-corrected chi connectivity index (χ0v) is 19.1. The number of nitrogens with zero attached hydrogens (tertiary/aromatic N) is 1. The SMILES string of the molecule is CCCC(C(C)CCc1cccc(Oc2ccccc2)c1)C1CCC(=NCC)CC1. The van der Waals surface area contributed by atoms with Gasteiger partial charge < -0.3 is 4.74 Å². The van der Waals surface area contributed by atoms with Crippen LogP contribution >= 0.6 is 0 Å². The monoisotopic (exact) mass is 405 g/mol. The van der Waals surface area contributed by atoms with Crippen LogP contribution in [0.2, 0.25) is 0 Å². The van der Waals surface area contributed by atoms with Gasteiger partial charge in [-0.15, -0.1) is 0 Å². The molecule has 0 saturated heterocycles. The van der Waals surface area contributed by atoms with E-state index in [1.807, 2.05) is 30.3 Å². The van der Waals surface area contributed by atoms with E-state index in [-0.39, 0.29) is 0 Å². The van der Waals surface area contributed by atoms with Crippen molar-refractivity contribution in [2.24, 2.45) is 22.7 Å². The molecule has 2 unspecified atom stereocenters. The minimum absolute atomic E-state index is 0.762. The molecule has 0 aromatic heterocycles. The maximum absolute atomic E-state index is 6.03. The number of benzene rings is 2. The summed E-state index contributed by atoms with van der Waals surface area (Å²) >= 11 is 0.